The number of hydrogen-bond donors (Lipinski definition) is 0. The van der Waals surface area contributed by atoms with Gasteiger partial charge in [0.1, 0.15) is 0 Å². The van der Waals surface area contributed by atoms with E-state index in [-0.39, 0.29) is 0 Å². The maximum atomic E-state index is 4.24. The summed E-state index contributed by atoms with van der Waals surface area (Å²) in [4.78, 5) is 0. The molecule has 1 rings (SSSR count). The van der Waals surface area contributed by atoms with Crippen LogP contribution in [0.1, 0.15) is 31.2 Å². The molecule has 1 aromatic rings. The van der Waals surface area contributed by atoms with Gasteiger partial charge < -0.3 is 0 Å². The number of halogens is 1. The van der Waals surface area contributed by atoms with Crippen LogP contribution in [-0.2, 0) is 0 Å². The number of nitrogens with zero attached hydrogens (tertiary/aromatic N) is 2. The Labute approximate surface area is 75.1 Å². The average Bonchev–Trinajstić information content (AvgIpc) is 2.10. The maximum Gasteiger partial charge on any atom is 0.0847 e. The van der Waals surface area contributed by atoms with E-state index in [1.54, 1.807) is 0 Å². The van der Waals surface area contributed by atoms with Crippen molar-refractivity contribution in [3.05, 3.63) is 17.5 Å². The van der Waals surface area contributed by atoms with E-state index in [2.05, 4.69) is 47.9 Å². The van der Waals surface area contributed by atoms with Crippen molar-refractivity contribution < 1.29 is 0 Å². The van der Waals surface area contributed by atoms with Gasteiger partial charge in [0, 0.05) is 0 Å². The largest absolute Gasteiger partial charge is 0.208 e. The third-order valence-electron chi connectivity index (χ3n) is 1.41. The zero-order valence-electron chi connectivity index (χ0n) is 6.43. The van der Waals surface area contributed by atoms with Crippen LogP contribution in [0, 0.1) is 6.92 Å². The SMILES string of the molecule is Cc1cc(C(C)C)n(I)n1. The van der Waals surface area contributed by atoms with Crippen LogP contribution in [-0.4, -0.2) is 7.99 Å². The van der Waals surface area contributed by atoms with Gasteiger partial charge in [0.15, 0.2) is 0 Å². The molecule has 1 heterocycles. The second-order valence-electron chi connectivity index (χ2n) is 2.73. The Bertz CT molecular complexity index is 228. The Morgan fingerprint density at radius 1 is 1.60 bits per heavy atom. The first-order valence-electron chi connectivity index (χ1n) is 3.34. The molecule has 0 radical (unpaired) electrons. The van der Waals surface area contributed by atoms with E-state index in [0.717, 1.165) is 5.69 Å². The zero-order valence-corrected chi connectivity index (χ0v) is 8.58. The van der Waals surface area contributed by atoms with Crippen molar-refractivity contribution in [1.29, 1.82) is 0 Å². The highest BCUT2D eigenvalue weighted by atomic mass is 127. The summed E-state index contributed by atoms with van der Waals surface area (Å²) >= 11 is 2.20. The standard InChI is InChI=1S/C7H11IN2/c1-5(2)7-4-6(3)9-10(7)8/h4-5H,1-3H3. The van der Waals surface area contributed by atoms with E-state index in [1.807, 2.05) is 9.82 Å². The van der Waals surface area contributed by atoms with Crippen LogP contribution in [0.15, 0.2) is 6.07 Å². The highest BCUT2D eigenvalue weighted by Crippen LogP contribution is 2.16. The normalized spacial score (nSPS) is 10.9. The summed E-state index contributed by atoms with van der Waals surface area (Å²) in [6.07, 6.45) is 0. The summed E-state index contributed by atoms with van der Waals surface area (Å²) in [6.45, 7) is 6.36. The molecule has 56 valence electrons. The number of rotatable bonds is 1. The van der Waals surface area contributed by atoms with Crippen molar-refractivity contribution in [2.75, 3.05) is 0 Å². The van der Waals surface area contributed by atoms with Crippen LogP contribution in [0.25, 0.3) is 0 Å². The van der Waals surface area contributed by atoms with Crippen LogP contribution in [0.5, 0.6) is 0 Å². The Balaban J connectivity index is 3.03. The molecule has 0 bridgehead atoms. The van der Waals surface area contributed by atoms with E-state index in [4.69, 9.17) is 0 Å². The Hall–Kier alpha value is -0.0600. The summed E-state index contributed by atoms with van der Waals surface area (Å²) in [5.41, 5.74) is 2.39. The lowest BCUT2D eigenvalue weighted by molar-refractivity contribution is 0.799. The molecule has 0 aromatic carbocycles. The molecule has 1 aromatic heterocycles. The van der Waals surface area contributed by atoms with Gasteiger partial charge in [-0.05, 0) is 18.9 Å². The number of aryl methyl sites for hydroxylation is 1. The molecule has 0 aliphatic heterocycles. The first-order chi connectivity index (χ1) is 4.61. The highest BCUT2D eigenvalue weighted by molar-refractivity contribution is 14.1. The molecular weight excluding hydrogens is 239 g/mol. The molecule has 0 N–H and O–H groups in total. The molecule has 0 atom stereocenters. The molecule has 0 saturated carbocycles. The van der Waals surface area contributed by atoms with E-state index >= 15 is 0 Å². The molecule has 0 unspecified atom stereocenters. The summed E-state index contributed by atoms with van der Waals surface area (Å²) in [5.74, 6) is 0.568. The lowest BCUT2D eigenvalue weighted by Crippen LogP contribution is -1.92. The smallest absolute Gasteiger partial charge is 0.0847 e. The van der Waals surface area contributed by atoms with Crippen molar-refractivity contribution in [3.8, 4) is 0 Å². The lowest BCUT2D eigenvalue weighted by Gasteiger charge is -2.00. The van der Waals surface area contributed by atoms with Crippen molar-refractivity contribution in [2.24, 2.45) is 0 Å². The Morgan fingerprint density at radius 2 is 2.20 bits per heavy atom. The van der Waals surface area contributed by atoms with Crippen molar-refractivity contribution >= 4 is 22.9 Å². The van der Waals surface area contributed by atoms with Crippen molar-refractivity contribution in [1.82, 2.24) is 7.99 Å². The van der Waals surface area contributed by atoms with Crippen LogP contribution < -0.4 is 0 Å². The predicted molar refractivity (Wildman–Crippen MR) is 50.5 cm³/mol. The predicted octanol–water partition coefficient (Wildman–Crippen LogP) is 2.51. The zero-order chi connectivity index (χ0) is 7.72. The summed E-state index contributed by atoms with van der Waals surface area (Å²) in [7, 11) is 0. The fraction of sp³-hybridized carbons (Fsp3) is 0.571. The monoisotopic (exact) mass is 250 g/mol. The molecule has 0 aliphatic rings. The quantitative estimate of drug-likeness (QED) is 0.700. The molecule has 10 heavy (non-hydrogen) atoms. The van der Waals surface area contributed by atoms with Crippen molar-refractivity contribution in [3.63, 3.8) is 0 Å². The van der Waals surface area contributed by atoms with E-state index in [9.17, 15) is 0 Å². The lowest BCUT2D eigenvalue weighted by atomic mass is 10.1. The fourth-order valence-electron chi connectivity index (χ4n) is 0.872. The Morgan fingerprint density at radius 3 is 2.40 bits per heavy atom. The summed E-state index contributed by atoms with van der Waals surface area (Å²) in [5, 5.41) is 4.24. The molecule has 0 saturated heterocycles. The van der Waals surface area contributed by atoms with E-state index in [0.29, 0.717) is 5.92 Å². The van der Waals surface area contributed by atoms with Gasteiger partial charge in [-0.15, -0.1) is 0 Å². The van der Waals surface area contributed by atoms with Gasteiger partial charge in [0.2, 0.25) is 0 Å². The first-order valence-corrected chi connectivity index (χ1v) is 4.30. The average molecular weight is 250 g/mol. The van der Waals surface area contributed by atoms with Crippen LogP contribution >= 0.6 is 22.9 Å². The maximum absolute atomic E-state index is 4.24. The molecular formula is C7H11IN2. The van der Waals surface area contributed by atoms with Gasteiger partial charge in [-0.2, -0.15) is 5.10 Å². The van der Waals surface area contributed by atoms with Gasteiger partial charge in [-0.3, -0.25) is 0 Å². The molecule has 0 fully saturated rings. The van der Waals surface area contributed by atoms with Gasteiger partial charge in [0.25, 0.3) is 0 Å². The fourth-order valence-corrected chi connectivity index (χ4v) is 1.91. The minimum atomic E-state index is 0.568. The minimum Gasteiger partial charge on any atom is -0.208 e. The second kappa shape index (κ2) is 2.90. The molecule has 3 heteroatoms. The summed E-state index contributed by atoms with van der Waals surface area (Å²) in [6, 6.07) is 2.12. The van der Waals surface area contributed by atoms with E-state index < -0.39 is 0 Å². The molecule has 2 nitrogen and oxygen atoms in total. The van der Waals surface area contributed by atoms with Gasteiger partial charge >= 0.3 is 0 Å². The Kier molecular flexibility index (Phi) is 2.33. The van der Waals surface area contributed by atoms with Crippen LogP contribution in [0.2, 0.25) is 0 Å². The molecule has 0 aliphatic carbocycles. The van der Waals surface area contributed by atoms with Gasteiger partial charge in [0.05, 0.1) is 34.3 Å². The number of hydrogen-bond acceptors (Lipinski definition) is 1. The summed E-state index contributed by atoms with van der Waals surface area (Å²) < 4.78 is 1.91. The van der Waals surface area contributed by atoms with Crippen LogP contribution in [0.4, 0.5) is 0 Å². The topological polar surface area (TPSA) is 17.8 Å². The first kappa shape index (κ1) is 8.04. The highest BCUT2D eigenvalue weighted by Gasteiger charge is 2.05. The third kappa shape index (κ3) is 1.51. The molecule has 0 amide bonds. The number of aromatic nitrogens is 2. The molecule has 0 spiro atoms. The third-order valence-corrected chi connectivity index (χ3v) is 2.18. The van der Waals surface area contributed by atoms with E-state index in [1.165, 1.54) is 5.69 Å². The second-order valence-corrected chi connectivity index (χ2v) is 3.64. The van der Waals surface area contributed by atoms with Crippen LogP contribution in [0.3, 0.4) is 0 Å². The van der Waals surface area contributed by atoms with Gasteiger partial charge in [-0.25, -0.2) is 2.90 Å². The minimum absolute atomic E-state index is 0.568. The van der Waals surface area contributed by atoms with Gasteiger partial charge in [-0.1, -0.05) is 13.8 Å². The van der Waals surface area contributed by atoms with Crippen molar-refractivity contribution in [2.45, 2.75) is 26.7 Å².